The Bertz CT molecular complexity index is 635. The molecule has 0 atom stereocenters. The first-order valence-electron chi connectivity index (χ1n) is 5.95. The Morgan fingerprint density at radius 3 is 2.65 bits per heavy atom. The minimum atomic E-state index is -3.48. The summed E-state index contributed by atoms with van der Waals surface area (Å²) in [5, 5.41) is 22.2. The third kappa shape index (κ3) is 4.51. The van der Waals surface area contributed by atoms with E-state index in [0.29, 0.717) is 25.8 Å². The highest BCUT2D eigenvalue weighted by Crippen LogP contribution is 2.27. The maximum atomic E-state index is 11.4. The minimum Gasteiger partial charge on any atom is -0.379 e. The van der Waals surface area contributed by atoms with Crippen LogP contribution >= 0.6 is 0 Å². The largest absolute Gasteiger partial charge is 0.379 e. The van der Waals surface area contributed by atoms with Gasteiger partial charge >= 0.3 is 0 Å². The fourth-order valence-corrected chi connectivity index (χ4v) is 2.24. The number of nitro benzene ring substituents is 1. The first-order chi connectivity index (χ1) is 9.36. The number of nitriles is 1. The molecule has 0 radical (unpaired) electrons. The van der Waals surface area contributed by atoms with Crippen LogP contribution in [0.1, 0.15) is 19.3 Å². The lowest BCUT2D eigenvalue weighted by Gasteiger charge is -2.07. The maximum absolute atomic E-state index is 11.4. The second-order valence-corrected chi connectivity index (χ2v) is 6.27. The van der Waals surface area contributed by atoms with Gasteiger partial charge in [-0.1, -0.05) is 0 Å². The average Bonchev–Trinajstić information content (AvgIpc) is 2.37. The lowest BCUT2D eigenvalue weighted by Crippen LogP contribution is -2.06. The van der Waals surface area contributed by atoms with E-state index in [1.54, 1.807) is 0 Å². The molecule has 108 valence electrons. The Morgan fingerprint density at radius 1 is 1.40 bits per heavy atom. The smallest absolute Gasteiger partial charge is 0.293 e. The van der Waals surface area contributed by atoms with Gasteiger partial charge < -0.3 is 5.32 Å². The normalized spacial score (nSPS) is 10.8. The van der Waals surface area contributed by atoms with Gasteiger partial charge in [0.25, 0.3) is 5.69 Å². The van der Waals surface area contributed by atoms with Crippen LogP contribution in [0.25, 0.3) is 0 Å². The Balaban J connectivity index is 2.87. The number of benzene rings is 1. The molecule has 0 aromatic heterocycles. The molecule has 0 heterocycles. The van der Waals surface area contributed by atoms with Gasteiger partial charge in [-0.3, -0.25) is 10.1 Å². The molecule has 1 aromatic rings. The van der Waals surface area contributed by atoms with Gasteiger partial charge in [0.1, 0.15) is 5.69 Å². The van der Waals surface area contributed by atoms with Crippen LogP contribution in [0.4, 0.5) is 11.4 Å². The number of anilines is 1. The van der Waals surface area contributed by atoms with Crippen LogP contribution in [0, 0.1) is 21.4 Å². The van der Waals surface area contributed by atoms with E-state index in [2.05, 4.69) is 5.32 Å². The molecule has 1 rings (SSSR count). The number of hydrogen-bond acceptors (Lipinski definition) is 6. The Labute approximate surface area is 117 Å². The summed E-state index contributed by atoms with van der Waals surface area (Å²) in [6.07, 6.45) is 2.86. The molecule has 0 amide bonds. The number of nitrogens with one attached hydrogen (secondary N) is 1. The zero-order valence-electron chi connectivity index (χ0n) is 11.0. The molecular weight excluding hydrogens is 282 g/mol. The molecule has 0 aliphatic carbocycles. The highest BCUT2D eigenvalue weighted by atomic mass is 32.2. The molecule has 0 saturated carbocycles. The molecule has 8 heteroatoms. The van der Waals surface area contributed by atoms with Crippen molar-refractivity contribution >= 4 is 21.2 Å². The van der Waals surface area contributed by atoms with Crippen molar-refractivity contribution in [3.8, 4) is 6.07 Å². The fraction of sp³-hybridized carbons (Fsp3) is 0.417. The predicted molar refractivity (Wildman–Crippen MR) is 74.2 cm³/mol. The second-order valence-electron chi connectivity index (χ2n) is 4.25. The SMILES string of the molecule is CS(=O)(=O)c1ccc(NCCCCC#N)c([N+](=O)[O-])c1. The fourth-order valence-electron chi connectivity index (χ4n) is 1.59. The molecule has 7 nitrogen and oxygen atoms in total. The van der Waals surface area contributed by atoms with Crippen LogP contribution in [0.5, 0.6) is 0 Å². The molecule has 0 aliphatic rings. The summed E-state index contributed by atoms with van der Waals surface area (Å²) in [4.78, 5) is 10.3. The van der Waals surface area contributed by atoms with Crippen LogP contribution in [0.2, 0.25) is 0 Å². The van der Waals surface area contributed by atoms with E-state index in [0.717, 1.165) is 12.3 Å². The zero-order chi connectivity index (χ0) is 15.2. The Hall–Kier alpha value is -2.14. The average molecular weight is 297 g/mol. The number of unbranched alkanes of at least 4 members (excludes halogenated alkanes) is 2. The van der Waals surface area contributed by atoms with E-state index in [1.165, 1.54) is 12.1 Å². The van der Waals surface area contributed by atoms with Crippen LogP contribution in [-0.2, 0) is 9.84 Å². The number of nitrogens with zero attached hydrogens (tertiary/aromatic N) is 2. The van der Waals surface area contributed by atoms with E-state index in [4.69, 9.17) is 5.26 Å². The summed E-state index contributed by atoms with van der Waals surface area (Å²) in [6.45, 7) is 0.487. The van der Waals surface area contributed by atoms with Crippen molar-refractivity contribution in [3.05, 3.63) is 28.3 Å². The lowest BCUT2D eigenvalue weighted by atomic mass is 10.2. The van der Waals surface area contributed by atoms with Crippen molar-refractivity contribution in [2.24, 2.45) is 0 Å². The van der Waals surface area contributed by atoms with Crippen molar-refractivity contribution in [2.75, 3.05) is 18.1 Å². The van der Waals surface area contributed by atoms with Crippen LogP contribution in [0.15, 0.2) is 23.1 Å². The Kier molecular flexibility index (Phi) is 5.46. The molecule has 0 unspecified atom stereocenters. The second kappa shape index (κ2) is 6.86. The molecular formula is C12H15N3O4S. The zero-order valence-corrected chi connectivity index (χ0v) is 11.8. The van der Waals surface area contributed by atoms with Crippen molar-refractivity contribution in [1.29, 1.82) is 5.26 Å². The molecule has 0 bridgehead atoms. The topological polar surface area (TPSA) is 113 Å². The van der Waals surface area contributed by atoms with Gasteiger partial charge in [-0.25, -0.2) is 8.42 Å². The van der Waals surface area contributed by atoms with Crippen LogP contribution < -0.4 is 5.32 Å². The molecule has 0 aliphatic heterocycles. The van der Waals surface area contributed by atoms with Crippen molar-refractivity contribution in [2.45, 2.75) is 24.2 Å². The van der Waals surface area contributed by atoms with Gasteiger partial charge in [0.15, 0.2) is 9.84 Å². The van der Waals surface area contributed by atoms with Gasteiger partial charge in [-0.15, -0.1) is 0 Å². The van der Waals surface area contributed by atoms with Gasteiger partial charge in [0.2, 0.25) is 0 Å². The van der Waals surface area contributed by atoms with E-state index >= 15 is 0 Å². The quantitative estimate of drug-likeness (QED) is 0.468. The molecule has 0 spiro atoms. The summed E-state index contributed by atoms with van der Waals surface area (Å²) in [5.74, 6) is 0. The number of nitro groups is 1. The van der Waals surface area contributed by atoms with Gasteiger partial charge in [0, 0.05) is 25.3 Å². The summed E-state index contributed by atoms with van der Waals surface area (Å²) in [6, 6.07) is 5.79. The first kappa shape index (κ1) is 15.9. The highest BCUT2D eigenvalue weighted by molar-refractivity contribution is 7.90. The van der Waals surface area contributed by atoms with Gasteiger partial charge in [-0.05, 0) is 25.0 Å². The van der Waals surface area contributed by atoms with E-state index in [1.807, 2.05) is 6.07 Å². The monoisotopic (exact) mass is 297 g/mol. The standard InChI is InChI=1S/C12H15N3O4S/c1-20(18,19)10-5-6-11(12(9-10)15(16)17)14-8-4-2-3-7-13/h5-6,9,14H,2-4,8H2,1H3. The van der Waals surface area contributed by atoms with E-state index in [-0.39, 0.29) is 16.3 Å². The molecule has 0 saturated heterocycles. The summed E-state index contributed by atoms with van der Waals surface area (Å²) < 4.78 is 22.8. The highest BCUT2D eigenvalue weighted by Gasteiger charge is 2.18. The number of sulfone groups is 1. The van der Waals surface area contributed by atoms with Crippen molar-refractivity contribution in [1.82, 2.24) is 0 Å². The van der Waals surface area contributed by atoms with Crippen molar-refractivity contribution < 1.29 is 13.3 Å². The minimum absolute atomic E-state index is 0.0840. The number of hydrogen-bond donors (Lipinski definition) is 1. The van der Waals surface area contributed by atoms with Crippen LogP contribution in [-0.4, -0.2) is 26.1 Å². The molecule has 1 N–H and O–H groups in total. The van der Waals surface area contributed by atoms with Gasteiger partial charge in [0.05, 0.1) is 15.9 Å². The summed E-state index contributed by atoms with van der Waals surface area (Å²) in [5.41, 5.74) is 0.00701. The van der Waals surface area contributed by atoms with E-state index in [9.17, 15) is 18.5 Å². The predicted octanol–water partition coefficient (Wildman–Crippen LogP) is 2.10. The molecule has 0 fully saturated rings. The molecule has 20 heavy (non-hydrogen) atoms. The number of rotatable bonds is 7. The summed E-state index contributed by atoms with van der Waals surface area (Å²) >= 11 is 0. The molecule has 1 aromatic carbocycles. The van der Waals surface area contributed by atoms with Crippen LogP contribution in [0.3, 0.4) is 0 Å². The Morgan fingerprint density at radius 2 is 2.10 bits per heavy atom. The van der Waals surface area contributed by atoms with Gasteiger partial charge in [-0.2, -0.15) is 5.26 Å². The third-order valence-electron chi connectivity index (χ3n) is 2.62. The third-order valence-corrected chi connectivity index (χ3v) is 3.74. The maximum Gasteiger partial charge on any atom is 0.293 e. The first-order valence-corrected chi connectivity index (χ1v) is 7.84. The summed E-state index contributed by atoms with van der Waals surface area (Å²) in [7, 11) is -3.48. The van der Waals surface area contributed by atoms with Crippen molar-refractivity contribution in [3.63, 3.8) is 0 Å². The van der Waals surface area contributed by atoms with E-state index < -0.39 is 14.8 Å². The lowest BCUT2D eigenvalue weighted by molar-refractivity contribution is -0.384.